The lowest BCUT2D eigenvalue weighted by molar-refractivity contribution is -0.119. The minimum Gasteiger partial charge on any atom is -0.298 e. The summed E-state index contributed by atoms with van der Waals surface area (Å²) in [6.45, 7) is 2.61. The van der Waals surface area contributed by atoms with Crippen molar-refractivity contribution >= 4 is 16.7 Å². The van der Waals surface area contributed by atoms with Gasteiger partial charge in [-0.3, -0.25) is 19.4 Å². The Kier molecular flexibility index (Phi) is 4.20. The second-order valence-corrected chi connectivity index (χ2v) is 7.70. The number of pyridine rings is 2. The Morgan fingerprint density at radius 2 is 2.00 bits per heavy atom. The van der Waals surface area contributed by atoms with Crippen LogP contribution in [0.15, 0.2) is 36.8 Å². The van der Waals surface area contributed by atoms with Crippen LogP contribution in [-0.4, -0.2) is 50.1 Å². The van der Waals surface area contributed by atoms with Crippen molar-refractivity contribution in [2.75, 3.05) is 19.6 Å². The molecule has 0 spiro atoms. The average Bonchev–Trinajstić information content (AvgIpc) is 3.18. The molecule has 27 heavy (non-hydrogen) atoms. The summed E-state index contributed by atoms with van der Waals surface area (Å²) in [5, 5.41) is 5.45. The Balaban J connectivity index is 1.35. The van der Waals surface area contributed by atoms with Crippen LogP contribution in [0.25, 0.3) is 22.2 Å². The second-order valence-electron chi connectivity index (χ2n) is 7.70. The van der Waals surface area contributed by atoms with Gasteiger partial charge < -0.3 is 0 Å². The van der Waals surface area contributed by atoms with E-state index in [-0.39, 0.29) is 5.78 Å². The van der Waals surface area contributed by atoms with E-state index >= 15 is 0 Å². The molecule has 1 saturated heterocycles. The molecule has 3 aromatic heterocycles. The van der Waals surface area contributed by atoms with E-state index in [9.17, 15) is 4.79 Å². The van der Waals surface area contributed by atoms with Crippen LogP contribution < -0.4 is 0 Å². The zero-order chi connectivity index (χ0) is 18.2. The monoisotopic (exact) mass is 361 g/mol. The predicted octanol–water partition coefficient (Wildman–Crippen LogP) is 3.04. The highest BCUT2D eigenvalue weighted by atomic mass is 16.1. The van der Waals surface area contributed by atoms with Gasteiger partial charge >= 0.3 is 0 Å². The lowest BCUT2D eigenvalue weighted by atomic mass is 10.1. The molecule has 1 aliphatic heterocycles. The summed E-state index contributed by atoms with van der Waals surface area (Å²) in [5.74, 6) is 0.227. The van der Waals surface area contributed by atoms with E-state index in [1.54, 1.807) is 0 Å². The highest BCUT2D eigenvalue weighted by molar-refractivity contribution is 5.85. The van der Waals surface area contributed by atoms with Gasteiger partial charge in [-0.1, -0.05) is 0 Å². The summed E-state index contributed by atoms with van der Waals surface area (Å²) in [6.07, 6.45) is 11.0. The SMILES string of the molecule is O=C(Cc1cc2nc(-c3cnn(C4CC4)c3)ccc2cn1)CN1CCCC1. The van der Waals surface area contributed by atoms with E-state index in [1.165, 1.54) is 25.7 Å². The first-order valence-corrected chi connectivity index (χ1v) is 9.79. The number of ketones is 1. The van der Waals surface area contributed by atoms with Gasteiger partial charge in [-0.15, -0.1) is 0 Å². The van der Waals surface area contributed by atoms with Crippen LogP contribution in [0.1, 0.15) is 37.4 Å². The molecule has 2 aliphatic rings. The Morgan fingerprint density at radius 1 is 1.15 bits per heavy atom. The molecule has 4 heterocycles. The number of Topliss-reactive ketones (excluding diaryl/α,β-unsaturated/α-hetero) is 1. The van der Waals surface area contributed by atoms with Gasteiger partial charge in [0.05, 0.1) is 36.4 Å². The lowest BCUT2D eigenvalue weighted by Gasteiger charge is -2.13. The Hall–Kier alpha value is -2.60. The maximum Gasteiger partial charge on any atom is 0.152 e. The highest BCUT2D eigenvalue weighted by Crippen LogP contribution is 2.35. The fourth-order valence-electron chi connectivity index (χ4n) is 3.77. The van der Waals surface area contributed by atoms with E-state index in [0.29, 0.717) is 19.0 Å². The van der Waals surface area contributed by atoms with Crippen molar-refractivity contribution in [3.8, 4) is 11.3 Å². The zero-order valence-electron chi connectivity index (χ0n) is 15.3. The molecule has 3 aromatic rings. The summed E-state index contributed by atoms with van der Waals surface area (Å²) in [7, 11) is 0. The Morgan fingerprint density at radius 3 is 2.81 bits per heavy atom. The van der Waals surface area contributed by atoms with Crippen LogP contribution in [-0.2, 0) is 11.2 Å². The zero-order valence-corrected chi connectivity index (χ0v) is 15.3. The molecule has 2 fully saturated rings. The number of hydrogen-bond acceptors (Lipinski definition) is 5. The van der Waals surface area contributed by atoms with Crippen molar-refractivity contribution < 1.29 is 4.79 Å². The second kappa shape index (κ2) is 6.85. The van der Waals surface area contributed by atoms with E-state index in [4.69, 9.17) is 4.98 Å². The van der Waals surface area contributed by atoms with Crippen LogP contribution in [0.5, 0.6) is 0 Å². The molecule has 5 rings (SSSR count). The average molecular weight is 361 g/mol. The van der Waals surface area contributed by atoms with Crippen molar-refractivity contribution in [3.63, 3.8) is 0 Å². The van der Waals surface area contributed by atoms with Gasteiger partial charge in [0.25, 0.3) is 0 Å². The number of nitrogens with zero attached hydrogens (tertiary/aromatic N) is 5. The van der Waals surface area contributed by atoms with Crippen LogP contribution in [0.2, 0.25) is 0 Å². The number of aromatic nitrogens is 4. The summed E-state index contributed by atoms with van der Waals surface area (Å²) in [6, 6.07) is 6.56. The largest absolute Gasteiger partial charge is 0.298 e. The molecule has 1 aliphatic carbocycles. The summed E-state index contributed by atoms with van der Waals surface area (Å²) < 4.78 is 2.04. The minimum absolute atomic E-state index is 0.227. The van der Waals surface area contributed by atoms with Gasteiger partial charge in [-0.05, 0) is 57.0 Å². The fourth-order valence-corrected chi connectivity index (χ4v) is 3.77. The first kappa shape index (κ1) is 16.6. The van der Waals surface area contributed by atoms with Crippen LogP contribution in [0, 0.1) is 0 Å². The number of rotatable bonds is 6. The molecule has 0 atom stereocenters. The molecule has 0 amide bonds. The first-order valence-electron chi connectivity index (χ1n) is 9.79. The topological polar surface area (TPSA) is 63.9 Å². The third-order valence-corrected chi connectivity index (χ3v) is 5.43. The smallest absolute Gasteiger partial charge is 0.152 e. The van der Waals surface area contributed by atoms with Gasteiger partial charge in [0, 0.05) is 29.0 Å². The molecule has 0 aromatic carbocycles. The summed E-state index contributed by atoms with van der Waals surface area (Å²) >= 11 is 0. The number of carbonyl (C=O) groups excluding carboxylic acids is 1. The first-order chi connectivity index (χ1) is 13.2. The highest BCUT2D eigenvalue weighted by Gasteiger charge is 2.24. The maximum absolute atomic E-state index is 12.4. The summed E-state index contributed by atoms with van der Waals surface area (Å²) in [4.78, 5) is 23.8. The molecular formula is C21H23N5O. The van der Waals surface area contributed by atoms with Gasteiger partial charge in [0.15, 0.2) is 5.78 Å². The Bertz CT molecular complexity index is 985. The lowest BCUT2D eigenvalue weighted by Crippen LogP contribution is -2.27. The summed E-state index contributed by atoms with van der Waals surface area (Å²) in [5.41, 5.74) is 3.62. The number of hydrogen-bond donors (Lipinski definition) is 0. The third kappa shape index (κ3) is 3.62. The molecule has 6 heteroatoms. The van der Waals surface area contributed by atoms with Crippen molar-refractivity contribution in [2.24, 2.45) is 0 Å². The van der Waals surface area contributed by atoms with E-state index in [0.717, 1.165) is 40.9 Å². The standard InChI is InChI=1S/C21H23N5O/c27-19(14-25-7-1-2-8-25)9-17-10-21-15(11-22-17)3-6-20(24-21)16-12-23-26(13-16)18-4-5-18/h3,6,10-13,18H,1-2,4-5,7-9,14H2. The normalized spacial score (nSPS) is 17.6. The minimum atomic E-state index is 0.227. The van der Waals surface area contributed by atoms with E-state index in [1.807, 2.05) is 35.3 Å². The van der Waals surface area contributed by atoms with Crippen LogP contribution >= 0.6 is 0 Å². The predicted molar refractivity (Wildman–Crippen MR) is 103 cm³/mol. The molecule has 0 N–H and O–H groups in total. The molecule has 1 saturated carbocycles. The van der Waals surface area contributed by atoms with Crippen molar-refractivity contribution in [1.82, 2.24) is 24.6 Å². The molecule has 0 radical (unpaired) electrons. The number of likely N-dealkylation sites (tertiary alicyclic amines) is 1. The van der Waals surface area contributed by atoms with Crippen molar-refractivity contribution in [3.05, 3.63) is 42.5 Å². The molecule has 0 bridgehead atoms. The van der Waals surface area contributed by atoms with Crippen molar-refractivity contribution in [2.45, 2.75) is 38.1 Å². The number of fused-ring (bicyclic) bond motifs is 1. The Labute approximate surface area is 158 Å². The number of carbonyl (C=O) groups is 1. The van der Waals surface area contributed by atoms with Gasteiger partial charge in [0.1, 0.15) is 0 Å². The molecule has 0 unspecified atom stereocenters. The van der Waals surface area contributed by atoms with Gasteiger partial charge in [0.2, 0.25) is 0 Å². The quantitative estimate of drug-likeness (QED) is 0.675. The van der Waals surface area contributed by atoms with E-state index < -0.39 is 0 Å². The van der Waals surface area contributed by atoms with Crippen molar-refractivity contribution in [1.29, 1.82) is 0 Å². The maximum atomic E-state index is 12.4. The van der Waals surface area contributed by atoms with Crippen LogP contribution in [0.4, 0.5) is 0 Å². The van der Waals surface area contributed by atoms with Gasteiger partial charge in [-0.25, -0.2) is 4.98 Å². The van der Waals surface area contributed by atoms with Crippen LogP contribution in [0.3, 0.4) is 0 Å². The molecule has 138 valence electrons. The van der Waals surface area contributed by atoms with E-state index in [2.05, 4.69) is 21.2 Å². The molecule has 6 nitrogen and oxygen atoms in total. The third-order valence-electron chi connectivity index (χ3n) is 5.43. The van der Waals surface area contributed by atoms with Gasteiger partial charge in [-0.2, -0.15) is 5.10 Å². The fraction of sp³-hybridized carbons (Fsp3) is 0.429. The molecular weight excluding hydrogens is 338 g/mol.